The molecule has 0 fully saturated rings. The molecule has 0 aliphatic heterocycles. The van der Waals surface area contributed by atoms with Gasteiger partial charge in [-0.15, -0.1) is 0 Å². The summed E-state index contributed by atoms with van der Waals surface area (Å²) in [6, 6.07) is 17.0. The summed E-state index contributed by atoms with van der Waals surface area (Å²) < 4.78 is 45.3. The predicted molar refractivity (Wildman–Crippen MR) is 96.9 cm³/mol. The molecule has 5 nitrogen and oxygen atoms in total. The number of sulfonamides is 1. The van der Waals surface area contributed by atoms with Gasteiger partial charge in [0.15, 0.2) is 0 Å². The van der Waals surface area contributed by atoms with Crippen molar-refractivity contribution in [1.82, 2.24) is 0 Å². The fourth-order valence-electron chi connectivity index (χ4n) is 2.58. The summed E-state index contributed by atoms with van der Waals surface area (Å²) in [5.41, 5.74) is 0.0450. The molecule has 0 bridgehead atoms. The number of hydrogen-bond acceptors (Lipinski definition) is 4. The number of carbonyl (C=O) groups is 1. The Hall–Kier alpha value is -2.93. The lowest BCUT2D eigenvalue weighted by Gasteiger charge is -2.23. The van der Waals surface area contributed by atoms with Gasteiger partial charge in [0.1, 0.15) is 12.4 Å². The van der Waals surface area contributed by atoms with Crippen molar-refractivity contribution in [1.29, 1.82) is 0 Å². The van der Waals surface area contributed by atoms with E-state index in [2.05, 4.69) is 4.74 Å². The van der Waals surface area contributed by atoms with E-state index in [-0.39, 0.29) is 10.6 Å². The highest BCUT2D eigenvalue weighted by Gasteiger charge is 2.28. The Morgan fingerprint density at radius 3 is 2.42 bits per heavy atom. The zero-order valence-corrected chi connectivity index (χ0v) is 14.7. The maximum Gasteiger partial charge on any atom is 0.326 e. The molecule has 26 heavy (non-hydrogen) atoms. The molecule has 0 amide bonds. The van der Waals surface area contributed by atoms with Crippen molar-refractivity contribution in [3.8, 4) is 0 Å². The van der Waals surface area contributed by atoms with Gasteiger partial charge < -0.3 is 4.74 Å². The third-order valence-electron chi connectivity index (χ3n) is 3.91. The molecule has 7 heteroatoms. The van der Waals surface area contributed by atoms with Crippen LogP contribution < -0.4 is 4.31 Å². The first-order chi connectivity index (χ1) is 12.4. The zero-order chi connectivity index (χ0) is 18.7. The van der Waals surface area contributed by atoms with Crippen molar-refractivity contribution in [2.45, 2.75) is 4.90 Å². The number of anilines is 1. The van der Waals surface area contributed by atoms with E-state index >= 15 is 0 Å². The van der Waals surface area contributed by atoms with Crippen LogP contribution in [0.1, 0.15) is 0 Å². The van der Waals surface area contributed by atoms with E-state index in [0.29, 0.717) is 0 Å². The largest absolute Gasteiger partial charge is 0.468 e. The number of fused-ring (bicyclic) bond motifs is 1. The van der Waals surface area contributed by atoms with Gasteiger partial charge in [0, 0.05) is 0 Å². The summed E-state index contributed by atoms with van der Waals surface area (Å²) in [7, 11) is -2.94. The minimum absolute atomic E-state index is 0.00404. The van der Waals surface area contributed by atoms with E-state index in [9.17, 15) is 17.6 Å². The molecule has 0 aliphatic rings. The molecule has 3 aromatic rings. The van der Waals surface area contributed by atoms with Gasteiger partial charge in [-0.05, 0) is 41.1 Å². The molecule has 0 spiro atoms. The topological polar surface area (TPSA) is 63.7 Å². The first kappa shape index (κ1) is 17.9. The number of rotatable bonds is 5. The number of methoxy groups -OCH3 is 1. The minimum atomic E-state index is -4.10. The second-order valence-electron chi connectivity index (χ2n) is 5.58. The van der Waals surface area contributed by atoms with E-state index in [1.165, 1.54) is 30.3 Å². The molecule has 0 atom stereocenters. The molecule has 0 aromatic heterocycles. The van der Waals surface area contributed by atoms with Crippen LogP contribution in [-0.4, -0.2) is 28.0 Å². The van der Waals surface area contributed by atoms with Crippen LogP contribution in [-0.2, 0) is 19.6 Å². The standard InChI is InChI=1S/C19H16FNO4S/c1-25-19(22)13-21(17-8-4-7-16(20)12-17)26(23,24)18-10-9-14-5-2-3-6-15(14)11-18/h2-12H,13H2,1H3. The number of halogens is 1. The van der Waals surface area contributed by atoms with Crippen molar-refractivity contribution < 1.29 is 22.3 Å². The highest BCUT2D eigenvalue weighted by Crippen LogP contribution is 2.26. The second kappa shape index (κ2) is 7.13. The normalized spacial score (nSPS) is 11.3. The van der Waals surface area contributed by atoms with Crippen molar-refractivity contribution in [2.24, 2.45) is 0 Å². The summed E-state index contributed by atoms with van der Waals surface area (Å²) in [6.07, 6.45) is 0. The molecule has 134 valence electrons. The van der Waals surface area contributed by atoms with Crippen molar-refractivity contribution in [2.75, 3.05) is 18.0 Å². The molecule has 0 saturated heterocycles. The summed E-state index contributed by atoms with van der Waals surface area (Å²) in [4.78, 5) is 11.8. The SMILES string of the molecule is COC(=O)CN(c1cccc(F)c1)S(=O)(=O)c1ccc2ccccc2c1. The van der Waals surface area contributed by atoms with Crippen molar-refractivity contribution >= 4 is 32.5 Å². The Morgan fingerprint density at radius 2 is 1.73 bits per heavy atom. The number of esters is 1. The van der Waals surface area contributed by atoms with Gasteiger partial charge in [-0.2, -0.15) is 0 Å². The van der Waals surface area contributed by atoms with Crippen LogP contribution in [0.25, 0.3) is 10.8 Å². The van der Waals surface area contributed by atoms with E-state index < -0.39 is 28.4 Å². The van der Waals surface area contributed by atoms with Gasteiger partial charge in [0.05, 0.1) is 17.7 Å². The lowest BCUT2D eigenvalue weighted by Crippen LogP contribution is -2.36. The average Bonchev–Trinajstić information content (AvgIpc) is 2.65. The first-order valence-electron chi connectivity index (χ1n) is 7.76. The van der Waals surface area contributed by atoms with Crippen LogP contribution in [0.2, 0.25) is 0 Å². The Bertz CT molecular complexity index is 1070. The highest BCUT2D eigenvalue weighted by atomic mass is 32.2. The van der Waals surface area contributed by atoms with Gasteiger partial charge in [0.2, 0.25) is 0 Å². The Morgan fingerprint density at radius 1 is 1.00 bits per heavy atom. The van der Waals surface area contributed by atoms with E-state index in [1.807, 2.05) is 12.1 Å². The number of nitrogens with zero attached hydrogens (tertiary/aromatic N) is 1. The highest BCUT2D eigenvalue weighted by molar-refractivity contribution is 7.92. The molecular formula is C19H16FNO4S. The molecular weight excluding hydrogens is 357 g/mol. The van der Waals surface area contributed by atoms with Crippen LogP contribution in [0.3, 0.4) is 0 Å². The van der Waals surface area contributed by atoms with Crippen LogP contribution >= 0.6 is 0 Å². The predicted octanol–water partition coefficient (Wildman–Crippen LogP) is 3.35. The quantitative estimate of drug-likeness (QED) is 0.644. The molecule has 0 heterocycles. The summed E-state index contributed by atoms with van der Waals surface area (Å²) in [5, 5.41) is 1.63. The smallest absolute Gasteiger partial charge is 0.326 e. The van der Waals surface area contributed by atoms with Crippen LogP contribution in [0.15, 0.2) is 71.6 Å². The van der Waals surface area contributed by atoms with Gasteiger partial charge in [0.25, 0.3) is 10.0 Å². The molecule has 3 rings (SSSR count). The lowest BCUT2D eigenvalue weighted by molar-refractivity contribution is -0.138. The first-order valence-corrected chi connectivity index (χ1v) is 9.20. The number of benzene rings is 3. The maximum atomic E-state index is 13.6. The van der Waals surface area contributed by atoms with E-state index in [4.69, 9.17) is 0 Å². The number of carbonyl (C=O) groups excluding carboxylic acids is 1. The fourth-order valence-corrected chi connectivity index (χ4v) is 4.02. The van der Waals surface area contributed by atoms with E-state index in [0.717, 1.165) is 28.3 Å². The Labute approximate surface area is 150 Å². The van der Waals surface area contributed by atoms with Gasteiger partial charge >= 0.3 is 5.97 Å². The van der Waals surface area contributed by atoms with Crippen molar-refractivity contribution in [3.63, 3.8) is 0 Å². The van der Waals surface area contributed by atoms with Crippen LogP contribution in [0, 0.1) is 5.82 Å². The Kier molecular flexibility index (Phi) is 4.90. The molecule has 0 saturated carbocycles. The zero-order valence-electron chi connectivity index (χ0n) is 13.9. The van der Waals surface area contributed by atoms with Gasteiger partial charge in [-0.3, -0.25) is 9.10 Å². The second-order valence-corrected chi connectivity index (χ2v) is 7.44. The third-order valence-corrected chi connectivity index (χ3v) is 5.68. The van der Waals surface area contributed by atoms with Crippen LogP contribution in [0.4, 0.5) is 10.1 Å². The van der Waals surface area contributed by atoms with Crippen molar-refractivity contribution in [3.05, 3.63) is 72.5 Å². The summed E-state index contributed by atoms with van der Waals surface area (Å²) in [6.45, 7) is -0.560. The monoisotopic (exact) mass is 373 g/mol. The maximum absolute atomic E-state index is 13.6. The Balaban J connectivity index is 2.12. The number of hydrogen-bond donors (Lipinski definition) is 0. The molecule has 3 aromatic carbocycles. The third kappa shape index (κ3) is 3.52. The summed E-state index contributed by atoms with van der Waals surface area (Å²) in [5.74, 6) is -1.36. The molecule has 0 unspecified atom stereocenters. The number of ether oxygens (including phenoxy) is 1. The molecule has 0 N–H and O–H groups in total. The average molecular weight is 373 g/mol. The lowest BCUT2D eigenvalue weighted by atomic mass is 10.1. The van der Waals surface area contributed by atoms with Crippen LogP contribution in [0.5, 0.6) is 0 Å². The minimum Gasteiger partial charge on any atom is -0.468 e. The van der Waals surface area contributed by atoms with Gasteiger partial charge in [-0.1, -0.05) is 36.4 Å². The summed E-state index contributed by atoms with van der Waals surface area (Å²) >= 11 is 0. The van der Waals surface area contributed by atoms with Gasteiger partial charge in [-0.25, -0.2) is 12.8 Å². The van der Waals surface area contributed by atoms with E-state index in [1.54, 1.807) is 18.2 Å². The fraction of sp³-hybridized carbons (Fsp3) is 0.105. The molecule has 0 aliphatic carbocycles. The molecule has 0 radical (unpaired) electrons.